The highest BCUT2D eigenvalue weighted by molar-refractivity contribution is 5.53. The van der Waals surface area contributed by atoms with E-state index in [1.807, 2.05) is 0 Å². The predicted molar refractivity (Wildman–Crippen MR) is 24.1 cm³/mol. The van der Waals surface area contributed by atoms with E-state index in [4.69, 9.17) is 10.5 Å². The van der Waals surface area contributed by atoms with E-state index in [1.54, 1.807) is 5.87 Å². The van der Waals surface area contributed by atoms with Crippen molar-refractivity contribution < 1.29 is 5.11 Å². The van der Waals surface area contributed by atoms with Crippen LogP contribution in [0.15, 0.2) is 10.9 Å². The summed E-state index contributed by atoms with van der Waals surface area (Å²) in [5.41, 5.74) is -0.278. The lowest BCUT2D eigenvalue weighted by Gasteiger charge is -1.76. The van der Waals surface area contributed by atoms with Gasteiger partial charge < -0.3 is 5.11 Å². The molecular formula is C3H4N2O2. The molecule has 0 aliphatic carbocycles. The average molecular weight is 100 g/mol. The molecule has 0 spiro atoms. The molecule has 0 bridgehead atoms. The first-order valence-electron chi connectivity index (χ1n) is 1.58. The molecule has 0 heterocycles. The standard InChI is InChI=1S/C3H4N2O2/c4-1-3(2-6)5-7/h4,6H,2H2. The van der Waals surface area contributed by atoms with Gasteiger partial charge in [-0.25, -0.2) is 0 Å². The van der Waals surface area contributed by atoms with Crippen molar-refractivity contribution in [3.63, 3.8) is 0 Å². The van der Waals surface area contributed by atoms with Crippen LogP contribution >= 0.6 is 0 Å². The maximum absolute atomic E-state index is 9.34. The Morgan fingerprint density at radius 3 is 2.57 bits per heavy atom. The SMILES string of the molecule is N=C=C(CO)N=O. The van der Waals surface area contributed by atoms with Gasteiger partial charge >= 0.3 is 0 Å². The molecule has 7 heavy (non-hydrogen) atoms. The molecule has 0 unspecified atom stereocenters. The molecule has 2 N–H and O–H groups in total. The summed E-state index contributed by atoms with van der Waals surface area (Å²) < 4.78 is 0. The topological polar surface area (TPSA) is 73.5 Å². The van der Waals surface area contributed by atoms with Crippen LogP contribution in [0.5, 0.6) is 0 Å². The van der Waals surface area contributed by atoms with Gasteiger partial charge in [-0.05, 0) is 5.18 Å². The average Bonchev–Trinajstić information content (AvgIpc) is 1.72. The maximum Gasteiger partial charge on any atom is 0.170 e. The Balaban J connectivity index is 3.86. The first-order valence-corrected chi connectivity index (χ1v) is 1.58. The molecule has 0 rings (SSSR count). The Kier molecular flexibility index (Phi) is 2.76. The van der Waals surface area contributed by atoms with Gasteiger partial charge in [0.2, 0.25) is 0 Å². The fraction of sp³-hybridized carbons (Fsp3) is 0.333. The molecule has 4 heteroatoms. The van der Waals surface area contributed by atoms with E-state index in [0.717, 1.165) is 0 Å². The van der Waals surface area contributed by atoms with Gasteiger partial charge in [0.1, 0.15) is 0 Å². The fourth-order valence-corrected chi connectivity index (χ4v) is 0.0912. The molecule has 0 saturated heterocycles. The summed E-state index contributed by atoms with van der Waals surface area (Å²) in [5, 5.41) is 16.5. The van der Waals surface area contributed by atoms with Crippen LogP contribution < -0.4 is 0 Å². The van der Waals surface area contributed by atoms with Crippen molar-refractivity contribution in [3.05, 3.63) is 10.6 Å². The van der Waals surface area contributed by atoms with Gasteiger partial charge in [-0.15, -0.1) is 4.91 Å². The molecule has 0 amide bonds. The minimum absolute atomic E-state index is 0.278. The number of nitrogens with one attached hydrogen (secondary N) is 1. The zero-order valence-corrected chi connectivity index (χ0v) is 3.51. The number of rotatable bonds is 2. The molecule has 0 aliphatic rings. The second-order valence-corrected chi connectivity index (χ2v) is 0.821. The molecule has 38 valence electrons. The van der Waals surface area contributed by atoms with Gasteiger partial charge in [0.05, 0.1) is 6.61 Å². The van der Waals surface area contributed by atoms with E-state index in [9.17, 15) is 4.91 Å². The quantitative estimate of drug-likeness (QED) is 0.375. The number of hydrogen-bond acceptors (Lipinski definition) is 4. The number of aliphatic hydroxyl groups excluding tert-OH is 1. The van der Waals surface area contributed by atoms with Gasteiger partial charge in [0, 0.05) is 5.87 Å². The summed E-state index contributed by atoms with van der Waals surface area (Å²) in [6.45, 7) is -0.507. The highest BCUT2D eigenvalue weighted by Gasteiger charge is 1.86. The largest absolute Gasteiger partial charge is 0.389 e. The lowest BCUT2D eigenvalue weighted by Crippen LogP contribution is -1.83. The lowest BCUT2D eigenvalue weighted by atomic mass is 10.6. The highest BCUT2D eigenvalue weighted by Crippen LogP contribution is 1.82. The van der Waals surface area contributed by atoms with E-state index in [-0.39, 0.29) is 5.70 Å². The summed E-state index contributed by atoms with van der Waals surface area (Å²) in [6, 6.07) is 0. The molecule has 0 radical (unpaired) electrons. The maximum atomic E-state index is 9.34. The van der Waals surface area contributed by atoms with Crippen LogP contribution in [0.1, 0.15) is 0 Å². The molecule has 0 atom stereocenters. The van der Waals surface area contributed by atoms with Crippen LogP contribution in [0.4, 0.5) is 0 Å². The van der Waals surface area contributed by atoms with Crippen molar-refractivity contribution in [2.45, 2.75) is 0 Å². The fourth-order valence-electron chi connectivity index (χ4n) is 0.0912. The lowest BCUT2D eigenvalue weighted by molar-refractivity contribution is 0.331. The highest BCUT2D eigenvalue weighted by atomic mass is 16.3. The third-order valence-electron chi connectivity index (χ3n) is 0.404. The minimum atomic E-state index is -0.507. The van der Waals surface area contributed by atoms with Gasteiger partial charge in [0.25, 0.3) is 0 Å². The molecule has 0 aromatic rings. The van der Waals surface area contributed by atoms with Crippen LogP contribution in [-0.2, 0) is 0 Å². The van der Waals surface area contributed by atoms with E-state index < -0.39 is 6.61 Å². The number of nitrogens with zero attached hydrogens (tertiary/aromatic N) is 1. The Morgan fingerprint density at radius 2 is 2.57 bits per heavy atom. The van der Waals surface area contributed by atoms with Gasteiger partial charge in [0.15, 0.2) is 5.70 Å². The van der Waals surface area contributed by atoms with Crippen LogP contribution in [-0.4, -0.2) is 17.6 Å². The summed E-state index contributed by atoms with van der Waals surface area (Å²) in [5.74, 6) is 1.64. The number of nitroso groups, excluding NO2 is 1. The first-order chi connectivity index (χ1) is 3.35. The molecule has 0 aromatic carbocycles. The second kappa shape index (κ2) is 3.21. The van der Waals surface area contributed by atoms with Gasteiger partial charge in [-0.3, -0.25) is 5.41 Å². The van der Waals surface area contributed by atoms with Gasteiger partial charge in [-0.1, -0.05) is 0 Å². The Hall–Kier alpha value is -0.990. The Labute approximate surface area is 40.0 Å². The molecule has 0 saturated carbocycles. The molecule has 0 aromatic heterocycles. The smallest absolute Gasteiger partial charge is 0.170 e. The summed E-state index contributed by atoms with van der Waals surface area (Å²) >= 11 is 0. The van der Waals surface area contributed by atoms with E-state index >= 15 is 0 Å². The van der Waals surface area contributed by atoms with Crippen LogP contribution in [0.25, 0.3) is 0 Å². The summed E-state index contributed by atoms with van der Waals surface area (Å²) in [7, 11) is 0. The van der Waals surface area contributed by atoms with Crippen molar-refractivity contribution in [1.82, 2.24) is 0 Å². The summed E-state index contributed by atoms with van der Waals surface area (Å²) in [4.78, 5) is 9.34. The van der Waals surface area contributed by atoms with Crippen molar-refractivity contribution >= 4 is 5.87 Å². The predicted octanol–water partition coefficient (Wildman–Crippen LogP) is -0.123. The van der Waals surface area contributed by atoms with Crippen molar-refractivity contribution in [1.29, 1.82) is 5.41 Å². The third kappa shape index (κ3) is 1.81. The van der Waals surface area contributed by atoms with Crippen LogP contribution in [0.2, 0.25) is 0 Å². The van der Waals surface area contributed by atoms with Crippen LogP contribution in [0, 0.1) is 10.3 Å². The molecule has 0 fully saturated rings. The van der Waals surface area contributed by atoms with Crippen molar-refractivity contribution in [3.8, 4) is 0 Å². The van der Waals surface area contributed by atoms with Crippen molar-refractivity contribution in [2.24, 2.45) is 5.18 Å². The van der Waals surface area contributed by atoms with Crippen molar-refractivity contribution in [2.75, 3.05) is 6.61 Å². The zero-order chi connectivity index (χ0) is 5.70. The normalized spacial score (nSPS) is 7.00. The number of aliphatic hydroxyl groups is 1. The monoisotopic (exact) mass is 100 g/mol. The summed E-state index contributed by atoms with van der Waals surface area (Å²) in [6.07, 6.45) is 0. The zero-order valence-electron chi connectivity index (χ0n) is 3.51. The molecule has 4 nitrogen and oxygen atoms in total. The molecular weight excluding hydrogens is 96.0 g/mol. The van der Waals surface area contributed by atoms with Gasteiger partial charge in [-0.2, -0.15) is 0 Å². The van der Waals surface area contributed by atoms with E-state index in [1.165, 1.54) is 0 Å². The Morgan fingerprint density at radius 1 is 2.00 bits per heavy atom. The van der Waals surface area contributed by atoms with Crippen LogP contribution in [0.3, 0.4) is 0 Å². The Bertz CT molecular complexity index is 114. The minimum Gasteiger partial charge on any atom is -0.389 e. The first kappa shape index (κ1) is 6.01. The molecule has 0 aliphatic heterocycles. The second-order valence-electron chi connectivity index (χ2n) is 0.821. The van der Waals surface area contributed by atoms with E-state index in [0.29, 0.717) is 0 Å². The number of hydrogen-bond donors (Lipinski definition) is 2. The third-order valence-corrected chi connectivity index (χ3v) is 0.404. The van der Waals surface area contributed by atoms with E-state index in [2.05, 4.69) is 5.18 Å².